The summed E-state index contributed by atoms with van der Waals surface area (Å²) in [6, 6.07) is -0.548. The molecule has 0 aromatic heterocycles. The number of esters is 1. The van der Waals surface area contributed by atoms with Gasteiger partial charge in [-0.15, -0.1) is 0 Å². The fourth-order valence-corrected chi connectivity index (χ4v) is 8.75. The number of nitrogens with one attached hydrogen (secondary N) is 1. The summed E-state index contributed by atoms with van der Waals surface area (Å²) < 4.78 is 5.48. The minimum absolute atomic E-state index is 0.00270. The third kappa shape index (κ3) is 48.1. The van der Waals surface area contributed by atoms with Crippen LogP contribution in [0.4, 0.5) is 0 Å². The van der Waals surface area contributed by atoms with Crippen molar-refractivity contribution >= 4 is 11.9 Å². The van der Waals surface area contributed by atoms with Gasteiger partial charge in [0.2, 0.25) is 5.91 Å². The number of carbonyl (C=O) groups excluding carboxylic acids is 2. The van der Waals surface area contributed by atoms with Gasteiger partial charge in [0.15, 0.2) is 0 Å². The van der Waals surface area contributed by atoms with Crippen molar-refractivity contribution in [3.63, 3.8) is 0 Å². The van der Waals surface area contributed by atoms with E-state index in [4.69, 9.17) is 4.74 Å². The average molecular weight is 876 g/mol. The predicted molar refractivity (Wildman–Crippen MR) is 269 cm³/mol. The fourth-order valence-electron chi connectivity index (χ4n) is 8.75. The highest BCUT2D eigenvalue weighted by Crippen LogP contribution is 2.17. The lowest BCUT2D eigenvalue weighted by Gasteiger charge is -2.22. The second-order valence-electron chi connectivity index (χ2n) is 19.3. The van der Waals surface area contributed by atoms with Gasteiger partial charge in [0.25, 0.3) is 0 Å². The largest absolute Gasteiger partial charge is 0.466 e. The number of hydrogen-bond donors (Lipinski definition) is 3. The molecule has 0 aromatic rings. The van der Waals surface area contributed by atoms with Crippen molar-refractivity contribution < 1.29 is 24.5 Å². The highest BCUT2D eigenvalue weighted by molar-refractivity contribution is 5.76. The summed E-state index contributed by atoms with van der Waals surface area (Å²) in [6.45, 7) is 4.93. The van der Waals surface area contributed by atoms with Crippen LogP contribution in [0.2, 0.25) is 0 Å². The van der Waals surface area contributed by atoms with Crippen molar-refractivity contribution in [2.75, 3.05) is 13.2 Å². The van der Waals surface area contributed by atoms with E-state index >= 15 is 0 Å². The Labute approximate surface area is 387 Å². The summed E-state index contributed by atoms with van der Waals surface area (Å²) in [4.78, 5) is 24.5. The quantitative estimate of drug-likeness (QED) is 0.0321. The zero-order chi connectivity index (χ0) is 45.1. The standard InChI is InChI=1S/C56H109NO5/c1-3-5-7-9-11-13-15-16-17-18-21-24-27-30-34-38-42-46-50-56(61)62-51-47-43-39-35-31-28-25-22-19-20-23-26-29-33-37-41-45-49-55(60)57-53(52-58)54(59)48-44-40-36-32-14-12-10-8-6-4-2/h19,22,53-54,58-59H,3-18,20-21,23-52H2,1-2H3,(H,57,60)/b22-19-. The number of amides is 1. The highest BCUT2D eigenvalue weighted by Gasteiger charge is 2.20. The lowest BCUT2D eigenvalue weighted by molar-refractivity contribution is -0.143. The van der Waals surface area contributed by atoms with Gasteiger partial charge in [-0.2, -0.15) is 0 Å². The first-order valence-electron chi connectivity index (χ1n) is 27.9. The van der Waals surface area contributed by atoms with Gasteiger partial charge in [-0.1, -0.05) is 257 Å². The Morgan fingerprint density at radius 2 is 0.758 bits per heavy atom. The van der Waals surface area contributed by atoms with Crippen LogP contribution < -0.4 is 5.32 Å². The summed E-state index contributed by atoms with van der Waals surface area (Å²) in [5.74, 6) is -0.0451. The van der Waals surface area contributed by atoms with E-state index in [-0.39, 0.29) is 18.5 Å². The molecular weight excluding hydrogens is 767 g/mol. The van der Waals surface area contributed by atoms with Crippen molar-refractivity contribution in [3.8, 4) is 0 Å². The van der Waals surface area contributed by atoms with Crippen LogP contribution in [0, 0.1) is 0 Å². The molecule has 3 N–H and O–H groups in total. The number of carbonyl (C=O) groups is 2. The molecule has 6 heteroatoms. The van der Waals surface area contributed by atoms with Crippen LogP contribution in [0.25, 0.3) is 0 Å². The summed E-state index contributed by atoms with van der Waals surface area (Å²) >= 11 is 0. The molecule has 0 radical (unpaired) electrons. The monoisotopic (exact) mass is 876 g/mol. The summed E-state index contributed by atoms with van der Waals surface area (Å²) in [5.41, 5.74) is 0. The molecule has 0 saturated heterocycles. The van der Waals surface area contributed by atoms with E-state index in [0.717, 1.165) is 51.4 Å². The van der Waals surface area contributed by atoms with Crippen LogP contribution >= 0.6 is 0 Å². The Morgan fingerprint density at radius 1 is 0.435 bits per heavy atom. The Kier molecular flexibility index (Phi) is 51.0. The molecule has 1 amide bonds. The number of allylic oxidation sites excluding steroid dienone is 2. The third-order valence-electron chi connectivity index (χ3n) is 13.1. The molecule has 0 aliphatic heterocycles. The van der Waals surface area contributed by atoms with Crippen LogP contribution in [0.5, 0.6) is 0 Å². The van der Waals surface area contributed by atoms with Gasteiger partial charge in [-0.25, -0.2) is 0 Å². The maximum Gasteiger partial charge on any atom is 0.305 e. The molecule has 0 bridgehead atoms. The average Bonchev–Trinajstić information content (AvgIpc) is 3.27. The molecule has 368 valence electrons. The van der Waals surface area contributed by atoms with Gasteiger partial charge < -0.3 is 20.3 Å². The van der Waals surface area contributed by atoms with Crippen molar-refractivity contribution in [3.05, 3.63) is 12.2 Å². The minimum atomic E-state index is -0.669. The number of aliphatic hydroxyl groups is 2. The Bertz CT molecular complexity index is 924. The number of ether oxygens (including phenoxy) is 1. The third-order valence-corrected chi connectivity index (χ3v) is 13.1. The molecule has 0 rings (SSSR count). The van der Waals surface area contributed by atoms with E-state index < -0.39 is 12.1 Å². The molecule has 0 spiro atoms. The van der Waals surface area contributed by atoms with E-state index in [2.05, 4.69) is 31.3 Å². The van der Waals surface area contributed by atoms with E-state index in [1.165, 1.54) is 225 Å². The molecule has 0 fully saturated rings. The molecular formula is C56H109NO5. The second-order valence-corrected chi connectivity index (χ2v) is 19.3. The Hall–Kier alpha value is -1.40. The molecule has 2 unspecified atom stereocenters. The first-order valence-corrected chi connectivity index (χ1v) is 27.9. The number of hydrogen-bond acceptors (Lipinski definition) is 5. The molecule has 2 atom stereocenters. The number of rotatable bonds is 52. The predicted octanol–water partition coefficient (Wildman–Crippen LogP) is 16.9. The van der Waals surface area contributed by atoms with Gasteiger partial charge in [0, 0.05) is 12.8 Å². The zero-order valence-electron chi connectivity index (χ0n) is 41.9. The maximum atomic E-state index is 12.4. The first kappa shape index (κ1) is 60.6. The molecule has 0 saturated carbocycles. The van der Waals surface area contributed by atoms with Crippen LogP contribution in [0.3, 0.4) is 0 Å². The lowest BCUT2D eigenvalue weighted by Crippen LogP contribution is -2.45. The first-order chi connectivity index (χ1) is 30.5. The van der Waals surface area contributed by atoms with Gasteiger partial charge in [0.1, 0.15) is 0 Å². The molecule has 6 nitrogen and oxygen atoms in total. The van der Waals surface area contributed by atoms with Crippen LogP contribution in [0.1, 0.15) is 309 Å². The summed E-state index contributed by atoms with van der Waals surface area (Å²) in [5, 5.41) is 23.1. The maximum absolute atomic E-state index is 12.4. The molecule has 0 aromatic carbocycles. The van der Waals surface area contributed by atoms with Crippen molar-refractivity contribution in [1.82, 2.24) is 5.32 Å². The molecule has 62 heavy (non-hydrogen) atoms. The summed E-state index contributed by atoms with van der Waals surface area (Å²) in [6.07, 6.45) is 60.6. The zero-order valence-corrected chi connectivity index (χ0v) is 41.9. The molecule has 0 aliphatic rings. The smallest absolute Gasteiger partial charge is 0.305 e. The van der Waals surface area contributed by atoms with Crippen molar-refractivity contribution in [2.45, 2.75) is 321 Å². The fraction of sp³-hybridized carbons (Fsp3) is 0.929. The van der Waals surface area contributed by atoms with Crippen LogP contribution in [-0.2, 0) is 14.3 Å². The number of aliphatic hydroxyl groups excluding tert-OH is 2. The molecule has 0 aliphatic carbocycles. The van der Waals surface area contributed by atoms with E-state index in [1.807, 2.05) is 0 Å². The Morgan fingerprint density at radius 3 is 1.15 bits per heavy atom. The topological polar surface area (TPSA) is 95.9 Å². The van der Waals surface area contributed by atoms with Gasteiger partial charge in [-0.05, 0) is 51.4 Å². The van der Waals surface area contributed by atoms with Gasteiger partial charge >= 0.3 is 5.97 Å². The summed E-state index contributed by atoms with van der Waals surface area (Å²) in [7, 11) is 0. The minimum Gasteiger partial charge on any atom is -0.466 e. The van der Waals surface area contributed by atoms with E-state index in [0.29, 0.717) is 25.9 Å². The highest BCUT2D eigenvalue weighted by atomic mass is 16.5. The Balaban J connectivity index is 3.40. The van der Waals surface area contributed by atoms with Gasteiger partial charge in [-0.3, -0.25) is 9.59 Å². The van der Waals surface area contributed by atoms with Crippen LogP contribution in [0.15, 0.2) is 12.2 Å². The van der Waals surface area contributed by atoms with Crippen molar-refractivity contribution in [2.24, 2.45) is 0 Å². The number of unbranched alkanes of at least 4 members (excludes halogenated alkanes) is 39. The van der Waals surface area contributed by atoms with E-state index in [9.17, 15) is 19.8 Å². The van der Waals surface area contributed by atoms with Gasteiger partial charge in [0.05, 0.1) is 25.4 Å². The molecule has 0 heterocycles. The normalized spacial score (nSPS) is 12.6. The van der Waals surface area contributed by atoms with Crippen molar-refractivity contribution in [1.29, 1.82) is 0 Å². The lowest BCUT2D eigenvalue weighted by atomic mass is 10.0. The second kappa shape index (κ2) is 52.2. The van der Waals surface area contributed by atoms with Crippen LogP contribution in [-0.4, -0.2) is 47.4 Å². The SMILES string of the molecule is CCCCCCCCCCCCCCCCCCCCC(=O)OCCCCCCCC/C=C\CCCCCCCCCC(=O)NC(CO)C(O)CCCCCCCCCCCC. The van der Waals surface area contributed by atoms with E-state index in [1.54, 1.807) is 0 Å².